The summed E-state index contributed by atoms with van der Waals surface area (Å²) in [6.07, 6.45) is 4.89. The van der Waals surface area contributed by atoms with Crippen molar-refractivity contribution in [1.29, 1.82) is 0 Å². The molecule has 0 aliphatic rings. The number of benzene rings is 1. The fourth-order valence-corrected chi connectivity index (χ4v) is 2.01. The van der Waals surface area contributed by atoms with E-state index in [-0.39, 0.29) is 0 Å². The lowest BCUT2D eigenvalue weighted by atomic mass is 10.1. The van der Waals surface area contributed by atoms with E-state index in [0.29, 0.717) is 6.54 Å². The van der Waals surface area contributed by atoms with Crippen LogP contribution in [0.25, 0.3) is 0 Å². The summed E-state index contributed by atoms with van der Waals surface area (Å²) in [4.78, 5) is 6.61. The first-order valence-corrected chi connectivity index (χ1v) is 6.61. The first-order chi connectivity index (χ1) is 9.19. The van der Waals surface area contributed by atoms with Crippen LogP contribution in [0.1, 0.15) is 17.0 Å². The Hall–Kier alpha value is -1.65. The predicted octanol–water partition coefficient (Wildman–Crippen LogP) is 1.49. The number of imidazole rings is 1. The zero-order valence-electron chi connectivity index (χ0n) is 11.7. The Morgan fingerprint density at radius 1 is 1.16 bits per heavy atom. The molecule has 4 nitrogen and oxygen atoms in total. The van der Waals surface area contributed by atoms with Gasteiger partial charge in [0.1, 0.15) is 5.82 Å². The molecule has 0 aliphatic carbocycles. The summed E-state index contributed by atoms with van der Waals surface area (Å²) in [6, 6.07) is 8.45. The van der Waals surface area contributed by atoms with E-state index in [1.165, 1.54) is 11.1 Å². The molecule has 102 valence electrons. The third kappa shape index (κ3) is 3.91. The van der Waals surface area contributed by atoms with Crippen molar-refractivity contribution in [2.75, 3.05) is 20.6 Å². The molecule has 2 aromatic rings. The zero-order chi connectivity index (χ0) is 13.7. The van der Waals surface area contributed by atoms with Gasteiger partial charge in [0, 0.05) is 38.4 Å². The Kier molecular flexibility index (Phi) is 4.71. The van der Waals surface area contributed by atoms with Crippen LogP contribution in [-0.2, 0) is 19.5 Å². The van der Waals surface area contributed by atoms with Crippen molar-refractivity contribution in [3.05, 3.63) is 53.6 Å². The van der Waals surface area contributed by atoms with Crippen LogP contribution in [0, 0.1) is 0 Å². The number of nitrogens with zero attached hydrogens (tertiary/aromatic N) is 3. The smallest absolute Gasteiger partial charge is 0.110 e. The molecule has 0 unspecified atom stereocenters. The highest BCUT2D eigenvalue weighted by Crippen LogP contribution is 2.08. The first kappa shape index (κ1) is 13.8. The van der Waals surface area contributed by atoms with Gasteiger partial charge in [-0.1, -0.05) is 24.3 Å². The van der Waals surface area contributed by atoms with Gasteiger partial charge in [0.15, 0.2) is 0 Å². The van der Waals surface area contributed by atoms with Gasteiger partial charge in [-0.3, -0.25) is 0 Å². The van der Waals surface area contributed by atoms with E-state index in [1.807, 2.05) is 12.4 Å². The summed E-state index contributed by atoms with van der Waals surface area (Å²) in [5.74, 6) is 1.14. The maximum atomic E-state index is 5.61. The monoisotopic (exact) mass is 258 g/mol. The topological polar surface area (TPSA) is 47.1 Å². The van der Waals surface area contributed by atoms with E-state index in [2.05, 4.69) is 52.8 Å². The number of hydrogen-bond acceptors (Lipinski definition) is 3. The minimum Gasteiger partial charge on any atom is -0.330 e. The molecule has 2 N–H and O–H groups in total. The summed E-state index contributed by atoms with van der Waals surface area (Å²) < 4.78 is 2.21. The molecule has 0 amide bonds. The molecule has 0 radical (unpaired) electrons. The lowest BCUT2D eigenvalue weighted by Crippen LogP contribution is -2.17. The first-order valence-electron chi connectivity index (χ1n) is 6.61. The normalized spacial score (nSPS) is 11.2. The predicted molar refractivity (Wildman–Crippen MR) is 77.9 cm³/mol. The van der Waals surface area contributed by atoms with Gasteiger partial charge in [-0.25, -0.2) is 4.98 Å². The van der Waals surface area contributed by atoms with Crippen LogP contribution in [0.15, 0.2) is 36.7 Å². The SMILES string of the molecule is CN(C)CCc1nccn1Cc1ccc(CN)cc1. The summed E-state index contributed by atoms with van der Waals surface area (Å²) in [7, 11) is 4.16. The molecule has 0 fully saturated rings. The molecule has 1 heterocycles. The van der Waals surface area contributed by atoms with Crippen LogP contribution in [0.2, 0.25) is 0 Å². The molecule has 1 aromatic carbocycles. The molecule has 2 rings (SSSR count). The van der Waals surface area contributed by atoms with Crippen LogP contribution in [-0.4, -0.2) is 35.1 Å². The highest BCUT2D eigenvalue weighted by Gasteiger charge is 2.04. The van der Waals surface area contributed by atoms with E-state index in [0.717, 1.165) is 25.3 Å². The van der Waals surface area contributed by atoms with E-state index in [9.17, 15) is 0 Å². The maximum absolute atomic E-state index is 5.61. The molecule has 0 bridgehead atoms. The van der Waals surface area contributed by atoms with Gasteiger partial charge in [0.05, 0.1) is 0 Å². The second-order valence-electron chi connectivity index (χ2n) is 5.05. The molecule has 0 saturated carbocycles. The molecule has 4 heteroatoms. The van der Waals surface area contributed by atoms with Crippen LogP contribution in [0.5, 0.6) is 0 Å². The summed E-state index contributed by atoms with van der Waals surface area (Å²) in [6.45, 7) is 2.48. The molecule has 1 aromatic heterocycles. The fourth-order valence-electron chi connectivity index (χ4n) is 2.01. The standard InChI is InChI=1S/C15H22N4/c1-18(2)9-7-15-17-8-10-19(15)12-14-5-3-13(11-16)4-6-14/h3-6,8,10H,7,9,11-12,16H2,1-2H3. The summed E-state index contributed by atoms with van der Waals surface area (Å²) in [5, 5.41) is 0. The van der Waals surface area contributed by atoms with Crippen molar-refractivity contribution in [2.24, 2.45) is 5.73 Å². The van der Waals surface area contributed by atoms with Crippen LogP contribution in [0.3, 0.4) is 0 Å². The quantitative estimate of drug-likeness (QED) is 0.854. The van der Waals surface area contributed by atoms with Crippen molar-refractivity contribution in [3.63, 3.8) is 0 Å². The van der Waals surface area contributed by atoms with Crippen molar-refractivity contribution in [3.8, 4) is 0 Å². The third-order valence-corrected chi connectivity index (χ3v) is 3.20. The molecular formula is C15H22N4. The van der Waals surface area contributed by atoms with Gasteiger partial charge in [-0.05, 0) is 25.2 Å². The van der Waals surface area contributed by atoms with Gasteiger partial charge in [0.2, 0.25) is 0 Å². The van der Waals surface area contributed by atoms with Gasteiger partial charge in [-0.2, -0.15) is 0 Å². The minimum atomic E-state index is 0.597. The highest BCUT2D eigenvalue weighted by atomic mass is 15.1. The summed E-state index contributed by atoms with van der Waals surface area (Å²) in [5.41, 5.74) is 8.06. The van der Waals surface area contributed by atoms with Gasteiger partial charge >= 0.3 is 0 Å². The summed E-state index contributed by atoms with van der Waals surface area (Å²) >= 11 is 0. The largest absolute Gasteiger partial charge is 0.330 e. The Bertz CT molecular complexity index is 499. The maximum Gasteiger partial charge on any atom is 0.110 e. The Morgan fingerprint density at radius 2 is 1.84 bits per heavy atom. The Morgan fingerprint density at radius 3 is 2.47 bits per heavy atom. The third-order valence-electron chi connectivity index (χ3n) is 3.20. The van der Waals surface area contributed by atoms with Crippen LogP contribution < -0.4 is 5.73 Å². The fraction of sp³-hybridized carbons (Fsp3) is 0.400. The highest BCUT2D eigenvalue weighted by molar-refractivity contribution is 5.22. The molecule has 0 aliphatic heterocycles. The van der Waals surface area contributed by atoms with Crippen LogP contribution >= 0.6 is 0 Å². The van der Waals surface area contributed by atoms with E-state index < -0.39 is 0 Å². The van der Waals surface area contributed by atoms with Crippen molar-refractivity contribution < 1.29 is 0 Å². The van der Waals surface area contributed by atoms with Gasteiger partial charge < -0.3 is 15.2 Å². The lowest BCUT2D eigenvalue weighted by molar-refractivity contribution is 0.406. The Labute approximate surface area is 114 Å². The van der Waals surface area contributed by atoms with E-state index in [1.54, 1.807) is 0 Å². The van der Waals surface area contributed by atoms with Crippen molar-refractivity contribution in [2.45, 2.75) is 19.5 Å². The molecule has 19 heavy (non-hydrogen) atoms. The molecule has 0 atom stereocenters. The molecule has 0 spiro atoms. The number of hydrogen-bond donors (Lipinski definition) is 1. The average Bonchev–Trinajstić information content (AvgIpc) is 2.84. The van der Waals surface area contributed by atoms with Crippen molar-refractivity contribution >= 4 is 0 Å². The Balaban J connectivity index is 2.03. The number of aromatic nitrogens is 2. The number of rotatable bonds is 6. The minimum absolute atomic E-state index is 0.597. The van der Waals surface area contributed by atoms with E-state index in [4.69, 9.17) is 5.73 Å². The molecule has 0 saturated heterocycles. The van der Waals surface area contributed by atoms with Gasteiger partial charge in [0.25, 0.3) is 0 Å². The number of likely N-dealkylation sites (N-methyl/N-ethyl adjacent to an activating group) is 1. The second-order valence-corrected chi connectivity index (χ2v) is 5.05. The van der Waals surface area contributed by atoms with Crippen molar-refractivity contribution in [1.82, 2.24) is 14.5 Å². The average molecular weight is 258 g/mol. The lowest BCUT2D eigenvalue weighted by Gasteiger charge is -2.11. The second kappa shape index (κ2) is 6.50. The van der Waals surface area contributed by atoms with Crippen LogP contribution in [0.4, 0.5) is 0 Å². The zero-order valence-corrected chi connectivity index (χ0v) is 11.7. The van der Waals surface area contributed by atoms with Gasteiger partial charge in [-0.15, -0.1) is 0 Å². The number of nitrogens with two attached hydrogens (primary N) is 1. The molecular weight excluding hydrogens is 236 g/mol. The van der Waals surface area contributed by atoms with E-state index >= 15 is 0 Å².